The smallest absolute Gasteiger partial charge is 0.241 e. The van der Waals surface area contributed by atoms with Crippen LogP contribution in [-0.2, 0) is 4.79 Å². The monoisotopic (exact) mass is 236 g/mol. The molecule has 92 valence electrons. The Hall–Kier alpha value is -1.42. The van der Waals surface area contributed by atoms with Crippen LogP contribution in [0.5, 0.6) is 0 Å². The molecule has 0 aromatic heterocycles. The van der Waals surface area contributed by atoms with E-state index in [1.165, 1.54) is 6.07 Å². The molecule has 1 saturated heterocycles. The lowest BCUT2D eigenvalue weighted by Crippen LogP contribution is -2.39. The number of benzene rings is 1. The maximum absolute atomic E-state index is 13.6. The summed E-state index contributed by atoms with van der Waals surface area (Å²) < 4.78 is 13.6. The molecule has 0 bridgehead atoms. The quantitative estimate of drug-likeness (QED) is 0.825. The van der Waals surface area contributed by atoms with Gasteiger partial charge in [0.1, 0.15) is 5.82 Å². The number of amides is 1. The summed E-state index contributed by atoms with van der Waals surface area (Å²) in [6.07, 6.45) is 0.980. The highest BCUT2D eigenvalue weighted by molar-refractivity contribution is 5.96. The largest absolute Gasteiger partial charge is 0.322 e. The van der Waals surface area contributed by atoms with Gasteiger partial charge in [0.2, 0.25) is 5.91 Å². The van der Waals surface area contributed by atoms with E-state index in [4.69, 9.17) is 0 Å². The van der Waals surface area contributed by atoms with E-state index < -0.39 is 0 Å². The molecule has 0 saturated carbocycles. The summed E-state index contributed by atoms with van der Waals surface area (Å²) in [7, 11) is 0. The Morgan fingerprint density at radius 2 is 2.29 bits per heavy atom. The zero-order valence-corrected chi connectivity index (χ0v) is 10.1. The SMILES string of the molecule is Cc1cccc(F)c1NC(=O)C1NCCC1C. The van der Waals surface area contributed by atoms with E-state index in [1.807, 2.05) is 6.92 Å². The van der Waals surface area contributed by atoms with Gasteiger partial charge in [0.15, 0.2) is 0 Å². The summed E-state index contributed by atoms with van der Waals surface area (Å²) in [4.78, 5) is 12.0. The van der Waals surface area contributed by atoms with Crippen molar-refractivity contribution in [3.8, 4) is 0 Å². The fourth-order valence-electron chi connectivity index (χ4n) is 2.18. The molecule has 1 amide bonds. The standard InChI is InChI=1S/C13H17FN2O/c1-8-4-3-5-10(14)11(8)16-13(17)12-9(2)6-7-15-12/h3-5,9,12,15H,6-7H2,1-2H3,(H,16,17). The van der Waals surface area contributed by atoms with E-state index in [-0.39, 0.29) is 17.8 Å². The highest BCUT2D eigenvalue weighted by Crippen LogP contribution is 2.21. The molecule has 2 atom stereocenters. The Balaban J connectivity index is 2.13. The molecule has 4 heteroatoms. The van der Waals surface area contributed by atoms with Crippen molar-refractivity contribution in [1.29, 1.82) is 0 Å². The van der Waals surface area contributed by atoms with E-state index in [1.54, 1.807) is 19.1 Å². The molecule has 1 aromatic rings. The van der Waals surface area contributed by atoms with Gasteiger partial charge in [-0.15, -0.1) is 0 Å². The van der Waals surface area contributed by atoms with E-state index in [2.05, 4.69) is 10.6 Å². The average molecular weight is 236 g/mol. The molecule has 17 heavy (non-hydrogen) atoms. The third-order valence-corrected chi connectivity index (χ3v) is 3.29. The van der Waals surface area contributed by atoms with E-state index in [0.29, 0.717) is 11.6 Å². The van der Waals surface area contributed by atoms with Gasteiger partial charge < -0.3 is 10.6 Å². The van der Waals surface area contributed by atoms with Crippen LogP contribution in [0.2, 0.25) is 0 Å². The first-order valence-corrected chi connectivity index (χ1v) is 5.89. The second kappa shape index (κ2) is 4.84. The van der Waals surface area contributed by atoms with Crippen molar-refractivity contribution < 1.29 is 9.18 Å². The molecule has 1 aliphatic rings. The number of anilines is 1. The Labute approximate surface area is 100 Å². The van der Waals surface area contributed by atoms with Gasteiger partial charge in [-0.3, -0.25) is 4.79 Å². The number of carbonyl (C=O) groups excluding carboxylic acids is 1. The molecule has 1 aromatic carbocycles. The van der Waals surface area contributed by atoms with Gasteiger partial charge in [0.25, 0.3) is 0 Å². The summed E-state index contributed by atoms with van der Waals surface area (Å²) in [5.41, 5.74) is 1.03. The second-order valence-electron chi connectivity index (χ2n) is 4.62. The highest BCUT2D eigenvalue weighted by Gasteiger charge is 2.29. The van der Waals surface area contributed by atoms with Gasteiger partial charge in [0.05, 0.1) is 11.7 Å². The van der Waals surface area contributed by atoms with Crippen molar-refractivity contribution in [2.24, 2.45) is 5.92 Å². The van der Waals surface area contributed by atoms with Crippen LogP contribution in [0.1, 0.15) is 18.9 Å². The Bertz CT molecular complexity index is 413. The van der Waals surface area contributed by atoms with Gasteiger partial charge in [-0.25, -0.2) is 4.39 Å². The minimum Gasteiger partial charge on any atom is -0.322 e. The average Bonchev–Trinajstić information content (AvgIpc) is 2.70. The van der Waals surface area contributed by atoms with Crippen LogP contribution >= 0.6 is 0 Å². The van der Waals surface area contributed by atoms with Crippen molar-refractivity contribution in [2.75, 3.05) is 11.9 Å². The van der Waals surface area contributed by atoms with Crippen molar-refractivity contribution in [2.45, 2.75) is 26.3 Å². The molecule has 0 radical (unpaired) electrons. The lowest BCUT2D eigenvalue weighted by atomic mass is 10.0. The number of halogens is 1. The normalized spacial score (nSPS) is 23.7. The molecule has 2 N–H and O–H groups in total. The number of hydrogen-bond donors (Lipinski definition) is 2. The van der Waals surface area contributed by atoms with Crippen LogP contribution in [0.4, 0.5) is 10.1 Å². The van der Waals surface area contributed by atoms with Gasteiger partial charge in [-0.05, 0) is 37.4 Å². The van der Waals surface area contributed by atoms with Crippen LogP contribution in [0, 0.1) is 18.7 Å². The van der Waals surface area contributed by atoms with Crippen LogP contribution in [0.3, 0.4) is 0 Å². The molecule has 3 nitrogen and oxygen atoms in total. The minimum atomic E-state index is -0.385. The maximum atomic E-state index is 13.6. The molecular formula is C13H17FN2O. The Kier molecular flexibility index (Phi) is 3.43. The summed E-state index contributed by atoms with van der Waals surface area (Å²) in [6, 6.07) is 4.56. The first-order valence-electron chi connectivity index (χ1n) is 5.89. The van der Waals surface area contributed by atoms with Crippen molar-refractivity contribution in [3.05, 3.63) is 29.6 Å². The van der Waals surface area contributed by atoms with E-state index in [0.717, 1.165) is 18.5 Å². The van der Waals surface area contributed by atoms with Crippen LogP contribution < -0.4 is 10.6 Å². The molecule has 0 aliphatic carbocycles. The number of aryl methyl sites for hydroxylation is 1. The second-order valence-corrected chi connectivity index (χ2v) is 4.62. The lowest BCUT2D eigenvalue weighted by Gasteiger charge is -2.16. The van der Waals surface area contributed by atoms with Crippen molar-refractivity contribution in [3.63, 3.8) is 0 Å². The fraction of sp³-hybridized carbons (Fsp3) is 0.462. The number of carbonyl (C=O) groups is 1. The predicted octanol–water partition coefficient (Wildman–Crippen LogP) is 2.07. The zero-order chi connectivity index (χ0) is 12.4. The topological polar surface area (TPSA) is 41.1 Å². The van der Waals surface area contributed by atoms with Gasteiger partial charge in [0, 0.05) is 0 Å². The van der Waals surface area contributed by atoms with Gasteiger partial charge in [-0.2, -0.15) is 0 Å². The summed E-state index contributed by atoms with van der Waals surface area (Å²) in [6.45, 7) is 4.65. The maximum Gasteiger partial charge on any atom is 0.241 e. The molecule has 2 unspecified atom stereocenters. The molecule has 1 fully saturated rings. The molecule has 2 rings (SSSR count). The minimum absolute atomic E-state index is 0.150. The van der Waals surface area contributed by atoms with Crippen LogP contribution in [0.15, 0.2) is 18.2 Å². The predicted molar refractivity (Wildman–Crippen MR) is 65.3 cm³/mol. The van der Waals surface area contributed by atoms with E-state index in [9.17, 15) is 9.18 Å². The lowest BCUT2D eigenvalue weighted by molar-refractivity contribution is -0.118. The van der Waals surface area contributed by atoms with Gasteiger partial charge in [-0.1, -0.05) is 19.1 Å². The number of nitrogens with one attached hydrogen (secondary N) is 2. The highest BCUT2D eigenvalue weighted by atomic mass is 19.1. The van der Waals surface area contributed by atoms with E-state index >= 15 is 0 Å². The number of hydrogen-bond acceptors (Lipinski definition) is 2. The number of rotatable bonds is 2. The van der Waals surface area contributed by atoms with Crippen molar-refractivity contribution >= 4 is 11.6 Å². The van der Waals surface area contributed by atoms with Crippen LogP contribution in [-0.4, -0.2) is 18.5 Å². The summed E-state index contributed by atoms with van der Waals surface area (Å²) in [5, 5.41) is 5.81. The molecular weight excluding hydrogens is 219 g/mol. The van der Waals surface area contributed by atoms with Crippen molar-refractivity contribution in [1.82, 2.24) is 5.32 Å². The Morgan fingerprint density at radius 3 is 2.88 bits per heavy atom. The molecule has 0 spiro atoms. The zero-order valence-electron chi connectivity index (χ0n) is 10.1. The van der Waals surface area contributed by atoms with Gasteiger partial charge >= 0.3 is 0 Å². The number of para-hydroxylation sites is 1. The first-order chi connectivity index (χ1) is 8.09. The van der Waals surface area contributed by atoms with Crippen LogP contribution in [0.25, 0.3) is 0 Å². The summed E-state index contributed by atoms with van der Waals surface area (Å²) in [5.74, 6) is -0.241. The third-order valence-electron chi connectivity index (χ3n) is 3.29. The molecule has 1 aliphatic heterocycles. The third kappa shape index (κ3) is 2.47. The summed E-state index contributed by atoms with van der Waals surface area (Å²) >= 11 is 0. The Morgan fingerprint density at radius 1 is 1.53 bits per heavy atom. The fourth-order valence-corrected chi connectivity index (χ4v) is 2.18. The first kappa shape index (κ1) is 12.0. The molecule has 1 heterocycles.